The number of hydrogen-bond acceptors (Lipinski definition) is 4. The molecular weight excluding hydrogens is 386 g/mol. The van der Waals surface area contributed by atoms with Gasteiger partial charge in [-0.1, -0.05) is 37.6 Å². The highest BCUT2D eigenvalue weighted by atomic mass is 32.2. The average molecular weight is 424 g/mol. The summed E-state index contributed by atoms with van der Waals surface area (Å²) in [6.07, 6.45) is 5.19. The van der Waals surface area contributed by atoms with Crippen LogP contribution >= 0.6 is 0 Å². The average Bonchev–Trinajstić information content (AvgIpc) is 2.73. The summed E-state index contributed by atoms with van der Waals surface area (Å²) in [7, 11) is -1.81. The third-order valence-electron chi connectivity index (χ3n) is 5.37. The van der Waals surface area contributed by atoms with Gasteiger partial charge in [0.05, 0.1) is 12.3 Å². The van der Waals surface area contributed by atoms with E-state index in [0.29, 0.717) is 6.54 Å². The van der Waals surface area contributed by atoms with E-state index in [4.69, 9.17) is 0 Å². The van der Waals surface area contributed by atoms with Crippen LogP contribution in [0.5, 0.6) is 0 Å². The molecule has 0 amide bonds. The molecule has 164 valence electrons. The fourth-order valence-electron chi connectivity index (χ4n) is 3.68. The van der Waals surface area contributed by atoms with Gasteiger partial charge in [-0.05, 0) is 50.9 Å². The van der Waals surface area contributed by atoms with E-state index in [0.717, 1.165) is 42.8 Å². The first-order chi connectivity index (χ1) is 14.0. The second kappa shape index (κ2) is 12.1. The van der Waals surface area contributed by atoms with Crippen molar-refractivity contribution in [3.05, 3.63) is 35.4 Å². The molecule has 1 heterocycles. The van der Waals surface area contributed by atoms with E-state index in [9.17, 15) is 8.42 Å². The minimum absolute atomic E-state index is 0.00744. The monoisotopic (exact) mass is 423 g/mol. The Balaban J connectivity index is 1.86. The van der Waals surface area contributed by atoms with Crippen LogP contribution in [0.15, 0.2) is 29.3 Å². The maximum Gasteiger partial charge on any atom is 0.215 e. The number of nitrogens with one attached hydrogen (secondary N) is 3. The Labute approximate surface area is 176 Å². The molecule has 1 aliphatic heterocycles. The largest absolute Gasteiger partial charge is 0.357 e. The second-order valence-corrected chi connectivity index (χ2v) is 9.42. The molecule has 0 bridgehead atoms. The predicted molar refractivity (Wildman–Crippen MR) is 120 cm³/mol. The molecule has 1 saturated heterocycles. The summed E-state index contributed by atoms with van der Waals surface area (Å²) in [5.74, 6) is 0.811. The number of benzene rings is 1. The third-order valence-corrected chi connectivity index (χ3v) is 6.70. The zero-order valence-corrected chi connectivity index (χ0v) is 18.9. The Kier molecular flexibility index (Phi) is 9.90. The molecule has 0 aromatic heterocycles. The molecule has 1 aliphatic rings. The molecule has 0 radical (unpaired) electrons. The summed E-state index contributed by atoms with van der Waals surface area (Å²) in [5.41, 5.74) is 1.82. The van der Waals surface area contributed by atoms with Crippen LogP contribution in [0.25, 0.3) is 0 Å². The second-order valence-electron chi connectivity index (χ2n) is 7.50. The van der Waals surface area contributed by atoms with Gasteiger partial charge in [-0.25, -0.2) is 18.1 Å². The van der Waals surface area contributed by atoms with Crippen LogP contribution in [0.3, 0.4) is 0 Å². The lowest BCUT2D eigenvalue weighted by molar-refractivity contribution is 0.147. The zero-order chi connectivity index (χ0) is 21.1. The van der Waals surface area contributed by atoms with Gasteiger partial charge >= 0.3 is 0 Å². The van der Waals surface area contributed by atoms with Gasteiger partial charge in [0.2, 0.25) is 10.0 Å². The van der Waals surface area contributed by atoms with Gasteiger partial charge in [0.1, 0.15) is 0 Å². The van der Waals surface area contributed by atoms with Gasteiger partial charge in [-0.2, -0.15) is 0 Å². The standard InChI is InChI=1S/C21H37N5O2S/c1-4-20-8-6-7-14-26(20)15-13-24-21(23-5-2)25-16-18-9-11-19(12-10-18)17-29(27,28)22-3/h9-12,20,22H,4-8,13-17H2,1-3H3,(H2,23,24,25). The Morgan fingerprint density at radius 2 is 1.86 bits per heavy atom. The third kappa shape index (κ3) is 8.32. The first-order valence-electron chi connectivity index (χ1n) is 10.7. The number of guanidine groups is 1. The van der Waals surface area contributed by atoms with E-state index in [1.54, 1.807) is 0 Å². The Morgan fingerprint density at radius 1 is 1.14 bits per heavy atom. The number of hydrogen-bond donors (Lipinski definition) is 3. The van der Waals surface area contributed by atoms with Crippen LogP contribution in [0, 0.1) is 0 Å². The summed E-state index contributed by atoms with van der Waals surface area (Å²) in [5, 5.41) is 6.74. The predicted octanol–water partition coefficient (Wildman–Crippen LogP) is 2.06. The van der Waals surface area contributed by atoms with Crippen LogP contribution in [-0.2, 0) is 22.3 Å². The van der Waals surface area contributed by atoms with E-state index in [1.165, 1.54) is 39.3 Å². The van der Waals surface area contributed by atoms with Crippen molar-refractivity contribution in [1.29, 1.82) is 0 Å². The van der Waals surface area contributed by atoms with Crippen molar-refractivity contribution in [2.24, 2.45) is 4.99 Å². The zero-order valence-electron chi connectivity index (χ0n) is 18.1. The molecule has 29 heavy (non-hydrogen) atoms. The molecule has 7 nitrogen and oxygen atoms in total. The van der Waals surface area contributed by atoms with Crippen molar-refractivity contribution in [2.45, 2.75) is 57.9 Å². The van der Waals surface area contributed by atoms with Crippen molar-refractivity contribution < 1.29 is 8.42 Å². The Bertz CT molecular complexity index is 734. The number of aliphatic imine (C=N–C) groups is 1. The van der Waals surface area contributed by atoms with Gasteiger partial charge in [0, 0.05) is 25.7 Å². The van der Waals surface area contributed by atoms with Crippen LogP contribution in [0.2, 0.25) is 0 Å². The number of rotatable bonds is 10. The highest BCUT2D eigenvalue weighted by Crippen LogP contribution is 2.18. The lowest BCUT2D eigenvalue weighted by atomic mass is 10.0. The first kappa shape index (κ1) is 23.6. The van der Waals surface area contributed by atoms with E-state index in [1.807, 2.05) is 24.3 Å². The number of likely N-dealkylation sites (tertiary alicyclic amines) is 1. The van der Waals surface area contributed by atoms with Gasteiger partial charge < -0.3 is 10.6 Å². The van der Waals surface area contributed by atoms with E-state index in [2.05, 4.69) is 39.1 Å². The van der Waals surface area contributed by atoms with Crippen molar-refractivity contribution >= 4 is 16.0 Å². The fourth-order valence-corrected chi connectivity index (χ4v) is 4.45. The molecule has 1 unspecified atom stereocenters. The van der Waals surface area contributed by atoms with E-state index in [-0.39, 0.29) is 5.75 Å². The number of sulfonamides is 1. The molecule has 0 aliphatic carbocycles. The molecule has 1 fully saturated rings. The summed E-state index contributed by atoms with van der Waals surface area (Å²) in [6, 6.07) is 8.29. The molecule has 1 aromatic carbocycles. The summed E-state index contributed by atoms with van der Waals surface area (Å²) in [6.45, 7) is 8.82. The number of piperidine rings is 1. The van der Waals surface area contributed by atoms with E-state index >= 15 is 0 Å². The van der Waals surface area contributed by atoms with Gasteiger partial charge in [-0.15, -0.1) is 0 Å². The molecule has 1 atom stereocenters. The lowest BCUT2D eigenvalue weighted by Crippen LogP contribution is -2.45. The van der Waals surface area contributed by atoms with Crippen molar-refractivity contribution in [3.63, 3.8) is 0 Å². The quantitative estimate of drug-likeness (QED) is 0.396. The highest BCUT2D eigenvalue weighted by Gasteiger charge is 2.19. The molecular formula is C21H37N5O2S. The number of nitrogens with zero attached hydrogens (tertiary/aromatic N) is 2. The van der Waals surface area contributed by atoms with Crippen molar-refractivity contribution in [1.82, 2.24) is 20.3 Å². The molecule has 8 heteroatoms. The Morgan fingerprint density at radius 3 is 2.52 bits per heavy atom. The molecule has 2 rings (SSSR count). The van der Waals surface area contributed by atoms with E-state index < -0.39 is 10.0 Å². The molecule has 3 N–H and O–H groups in total. The maximum absolute atomic E-state index is 11.6. The fraction of sp³-hybridized carbons (Fsp3) is 0.667. The Hall–Kier alpha value is -1.64. The maximum atomic E-state index is 11.6. The highest BCUT2D eigenvalue weighted by molar-refractivity contribution is 7.88. The van der Waals surface area contributed by atoms with Crippen LogP contribution in [0.4, 0.5) is 0 Å². The van der Waals surface area contributed by atoms with Gasteiger partial charge in [-0.3, -0.25) is 4.90 Å². The van der Waals surface area contributed by atoms with Crippen molar-refractivity contribution in [3.8, 4) is 0 Å². The van der Waals surface area contributed by atoms with Crippen LogP contribution in [0.1, 0.15) is 50.7 Å². The smallest absolute Gasteiger partial charge is 0.215 e. The molecule has 0 spiro atoms. The minimum atomic E-state index is -3.25. The van der Waals surface area contributed by atoms with Gasteiger partial charge in [0.15, 0.2) is 5.96 Å². The normalized spacial score (nSPS) is 18.6. The van der Waals surface area contributed by atoms with Crippen LogP contribution < -0.4 is 15.4 Å². The molecule has 0 saturated carbocycles. The summed E-state index contributed by atoms with van der Waals surface area (Å²) < 4.78 is 25.6. The lowest BCUT2D eigenvalue weighted by Gasteiger charge is -2.35. The SMILES string of the molecule is CCNC(=NCc1ccc(CS(=O)(=O)NC)cc1)NCCN1CCCCC1CC. The minimum Gasteiger partial charge on any atom is -0.357 e. The van der Waals surface area contributed by atoms with Crippen LogP contribution in [-0.4, -0.2) is 58.5 Å². The summed E-state index contributed by atoms with van der Waals surface area (Å²) >= 11 is 0. The molecule has 1 aromatic rings. The summed E-state index contributed by atoms with van der Waals surface area (Å²) in [4.78, 5) is 7.27. The first-order valence-corrected chi connectivity index (χ1v) is 12.4. The van der Waals surface area contributed by atoms with Gasteiger partial charge in [0.25, 0.3) is 0 Å². The topological polar surface area (TPSA) is 85.8 Å². The van der Waals surface area contributed by atoms with Crippen molar-refractivity contribution in [2.75, 3.05) is 33.2 Å².